The van der Waals surface area contributed by atoms with Gasteiger partial charge in [0, 0.05) is 0 Å². The maximum absolute atomic E-state index is 10.9. The molecule has 0 bridgehead atoms. The first-order chi connectivity index (χ1) is 18.1. The fraction of sp³-hybridized carbons (Fsp3) is 0.133. The van der Waals surface area contributed by atoms with Gasteiger partial charge in [-0.05, 0) is 48.5 Å². The summed E-state index contributed by atoms with van der Waals surface area (Å²) >= 11 is 0. The fourth-order valence-electron chi connectivity index (χ4n) is 3.14. The molecule has 0 unspecified atom stereocenters. The van der Waals surface area contributed by atoms with Gasteiger partial charge in [0.2, 0.25) is 0 Å². The van der Waals surface area contributed by atoms with Crippen LogP contribution in [0, 0.1) is 6.92 Å². The Hall–Kier alpha value is -3.72. The molecular formula is C30H28FLiO5. The molecule has 0 amide bonds. The van der Waals surface area contributed by atoms with Gasteiger partial charge in [0.25, 0.3) is 0 Å². The van der Waals surface area contributed by atoms with Crippen molar-refractivity contribution in [1.29, 1.82) is 0 Å². The van der Waals surface area contributed by atoms with Crippen LogP contribution in [0.1, 0.15) is 31.5 Å². The third kappa shape index (κ3) is 7.63. The molecule has 186 valence electrons. The van der Waals surface area contributed by atoms with E-state index >= 15 is 0 Å². The molecule has 2 aliphatic rings. The van der Waals surface area contributed by atoms with E-state index in [0.717, 1.165) is 35.7 Å². The minimum Gasteiger partial charge on any atom is -0.450 e. The third-order valence-electron chi connectivity index (χ3n) is 4.91. The van der Waals surface area contributed by atoms with Crippen LogP contribution in [-0.4, -0.2) is 13.4 Å². The Kier molecular flexibility index (Phi) is 11.6. The zero-order valence-electron chi connectivity index (χ0n) is 22.0. The van der Waals surface area contributed by atoms with Crippen LogP contribution >= 0.6 is 0 Å². The van der Waals surface area contributed by atoms with Crippen molar-refractivity contribution in [3.8, 4) is 46.0 Å². The summed E-state index contributed by atoms with van der Waals surface area (Å²) in [5, 5.41) is 0. The third-order valence-corrected chi connectivity index (χ3v) is 4.91. The smallest absolute Gasteiger partial charge is 0.450 e. The zero-order chi connectivity index (χ0) is 26.5. The molecule has 0 fully saturated rings. The predicted octanol–water partition coefficient (Wildman–Crippen LogP) is 6.19. The normalized spacial score (nSPS) is 10.9. The molecule has 0 saturated carbocycles. The molecule has 0 atom stereocenters. The van der Waals surface area contributed by atoms with Crippen molar-refractivity contribution < 1.29 is 48.4 Å². The van der Waals surface area contributed by atoms with Crippen LogP contribution in [0.4, 0.5) is 4.39 Å². The number of unbranched alkanes of at least 4 members (excludes halogenated alkanes) is 1. The summed E-state index contributed by atoms with van der Waals surface area (Å²) in [6, 6.07) is 27.9. The van der Waals surface area contributed by atoms with Crippen molar-refractivity contribution in [1.82, 2.24) is 0 Å². The van der Waals surface area contributed by atoms with Crippen molar-refractivity contribution in [3.05, 3.63) is 103 Å². The van der Waals surface area contributed by atoms with E-state index in [1.165, 1.54) is 6.42 Å². The quantitative estimate of drug-likeness (QED) is 0.163. The van der Waals surface area contributed by atoms with Crippen LogP contribution in [0.3, 0.4) is 0 Å². The van der Waals surface area contributed by atoms with Gasteiger partial charge >= 0.3 is 18.9 Å². The molecule has 0 aromatic heterocycles. The number of carbonyl (C=O) groups is 1. The van der Waals surface area contributed by atoms with E-state index in [-0.39, 0.29) is 18.9 Å². The summed E-state index contributed by atoms with van der Waals surface area (Å²) in [7, 11) is -1.00. The number of benzene rings is 4. The number of hydrogen-bond donors (Lipinski definition) is 0. The first-order valence-corrected chi connectivity index (χ1v) is 11.4. The summed E-state index contributed by atoms with van der Waals surface area (Å²) in [5.74, 6) is 5.43. The minimum absolute atomic E-state index is 0. The van der Waals surface area contributed by atoms with Gasteiger partial charge < -0.3 is 25.9 Å². The number of para-hydroxylation sites is 7. The van der Waals surface area contributed by atoms with Gasteiger partial charge in [-0.2, -0.15) is 6.42 Å². The number of ether oxygens (including phenoxy) is 4. The van der Waals surface area contributed by atoms with Crippen LogP contribution in [0.15, 0.2) is 91.0 Å². The Morgan fingerprint density at radius 2 is 1.03 bits per heavy atom. The standard InChI is InChI=1S/C13H8O3.C12H8O2.C4H9.CH3F.Li/c14-8-9-4-3-7-12-13(9)16-11-6-2-1-5-10(11)15-12;1-2-6-10-9(5-1)13-11-7-3-4-8-12(11)14-10;1-3-4-2;1-2;/h1-8H;1-8H;1,3-4H2,2H3;1H3;/q;;-1;;+1/i;;;1D;. The second kappa shape index (κ2) is 15.4. The molecule has 0 radical (unpaired) electrons. The van der Waals surface area contributed by atoms with Crippen molar-refractivity contribution in [2.24, 2.45) is 0 Å². The van der Waals surface area contributed by atoms with E-state index in [0.29, 0.717) is 28.6 Å². The molecule has 4 aromatic rings. The number of alkyl halides is 1. The first-order valence-electron chi connectivity index (χ1n) is 12.1. The number of hydrogen-bond acceptors (Lipinski definition) is 5. The predicted molar refractivity (Wildman–Crippen MR) is 139 cm³/mol. The van der Waals surface area contributed by atoms with Crippen molar-refractivity contribution in [2.75, 3.05) is 7.15 Å². The molecule has 0 saturated heterocycles. The van der Waals surface area contributed by atoms with E-state index in [1.54, 1.807) is 24.3 Å². The van der Waals surface area contributed by atoms with Crippen LogP contribution in [0.5, 0.6) is 46.0 Å². The second-order valence-electron chi connectivity index (χ2n) is 7.39. The van der Waals surface area contributed by atoms with Gasteiger partial charge in [0.1, 0.15) is 0 Å². The van der Waals surface area contributed by atoms with Crippen LogP contribution in [0.25, 0.3) is 0 Å². The molecular weight excluding hydrogens is 466 g/mol. The van der Waals surface area contributed by atoms with Gasteiger partial charge in [-0.15, -0.1) is 0 Å². The topological polar surface area (TPSA) is 54.0 Å². The molecule has 7 heteroatoms. The van der Waals surface area contributed by atoms with Crippen LogP contribution < -0.4 is 37.8 Å². The molecule has 0 spiro atoms. The Bertz CT molecular complexity index is 1210. The van der Waals surface area contributed by atoms with E-state index in [1.807, 2.05) is 66.7 Å². The van der Waals surface area contributed by atoms with Crippen LogP contribution in [-0.2, 0) is 0 Å². The number of aldehydes is 1. The number of rotatable bonds is 2. The SMILES string of the molecule is O=Cc1cccc2c1Oc1ccccc1O2.[2H]CF.[CH2-]CCC.[Li+].c1ccc2c(c1)Oc1ccccc1O2. The van der Waals surface area contributed by atoms with Crippen molar-refractivity contribution in [3.63, 3.8) is 0 Å². The largest absolute Gasteiger partial charge is 1.00 e. The van der Waals surface area contributed by atoms with E-state index in [9.17, 15) is 9.18 Å². The molecule has 6 rings (SSSR count). The molecule has 2 aliphatic heterocycles. The second-order valence-corrected chi connectivity index (χ2v) is 7.39. The van der Waals surface area contributed by atoms with Crippen molar-refractivity contribution >= 4 is 6.29 Å². The van der Waals surface area contributed by atoms with Crippen LogP contribution in [0.2, 0.25) is 0 Å². The average molecular weight is 495 g/mol. The molecule has 37 heavy (non-hydrogen) atoms. The number of carbonyl (C=O) groups excluding carboxylic acids is 1. The summed E-state index contributed by atoms with van der Waals surface area (Å²) in [5.41, 5.74) is 0.493. The van der Waals surface area contributed by atoms with Gasteiger partial charge in [0.15, 0.2) is 52.3 Å². The molecule has 0 aliphatic carbocycles. The van der Waals surface area contributed by atoms with E-state index in [4.69, 9.17) is 20.3 Å². The van der Waals surface area contributed by atoms with Crippen molar-refractivity contribution in [2.45, 2.75) is 19.8 Å². The molecule has 0 N–H and O–H groups in total. The zero-order valence-corrected chi connectivity index (χ0v) is 21.0. The number of halogens is 1. The minimum atomic E-state index is -1.00. The summed E-state index contributed by atoms with van der Waals surface area (Å²) in [4.78, 5) is 10.9. The first kappa shape index (κ1) is 27.9. The maximum Gasteiger partial charge on any atom is 1.00 e. The summed E-state index contributed by atoms with van der Waals surface area (Å²) < 4.78 is 38.1. The summed E-state index contributed by atoms with van der Waals surface area (Å²) in [6.07, 6.45) is 3.04. The van der Waals surface area contributed by atoms with Gasteiger partial charge in [-0.1, -0.05) is 55.8 Å². The maximum atomic E-state index is 10.9. The molecule has 5 nitrogen and oxygen atoms in total. The van der Waals surface area contributed by atoms with E-state index in [2.05, 4.69) is 13.8 Å². The monoisotopic (exact) mass is 495 g/mol. The fourth-order valence-corrected chi connectivity index (χ4v) is 3.14. The Labute approximate surface area is 230 Å². The Balaban J connectivity index is 0.000000212. The van der Waals surface area contributed by atoms with Gasteiger partial charge in [-0.3, -0.25) is 9.18 Å². The van der Waals surface area contributed by atoms with Gasteiger partial charge in [0.05, 0.1) is 14.1 Å². The molecule has 2 heterocycles. The number of fused-ring (bicyclic) bond motifs is 4. The van der Waals surface area contributed by atoms with E-state index < -0.39 is 7.15 Å². The molecule has 4 aromatic carbocycles. The average Bonchev–Trinajstić information content (AvgIpc) is 2.95. The Morgan fingerprint density at radius 3 is 1.38 bits per heavy atom. The van der Waals surface area contributed by atoms with Gasteiger partial charge in [-0.25, -0.2) is 0 Å². The Morgan fingerprint density at radius 1 is 0.703 bits per heavy atom. The summed E-state index contributed by atoms with van der Waals surface area (Å²) in [6.45, 7) is 5.72.